The minimum absolute atomic E-state index is 0.0927. The molecular weight excluding hydrogens is 412 g/mol. The molecular formula is C25H29F2N3O2. The van der Waals surface area contributed by atoms with Crippen molar-refractivity contribution in [2.24, 2.45) is 0 Å². The summed E-state index contributed by atoms with van der Waals surface area (Å²) in [5, 5.41) is 15.2. The molecule has 0 bridgehead atoms. The molecule has 5 nitrogen and oxygen atoms in total. The van der Waals surface area contributed by atoms with E-state index in [9.17, 15) is 13.9 Å². The van der Waals surface area contributed by atoms with Crippen molar-refractivity contribution in [2.45, 2.75) is 39.3 Å². The minimum atomic E-state index is -1.07. The quantitative estimate of drug-likeness (QED) is 0.428. The number of hydrogen-bond donors (Lipinski definition) is 1. The highest BCUT2D eigenvalue weighted by Crippen LogP contribution is 2.33. The summed E-state index contributed by atoms with van der Waals surface area (Å²) in [7, 11) is 0. The van der Waals surface area contributed by atoms with Crippen LogP contribution in [0.25, 0.3) is 5.69 Å². The molecule has 1 unspecified atom stereocenters. The Labute approximate surface area is 187 Å². The molecule has 0 fully saturated rings. The lowest BCUT2D eigenvalue weighted by atomic mass is 10.1. The predicted molar refractivity (Wildman–Crippen MR) is 121 cm³/mol. The third-order valence-electron chi connectivity index (χ3n) is 5.14. The van der Waals surface area contributed by atoms with Crippen molar-refractivity contribution in [3.8, 4) is 17.3 Å². The topological polar surface area (TPSA) is 50.5 Å². The Morgan fingerprint density at radius 2 is 1.94 bits per heavy atom. The van der Waals surface area contributed by atoms with Crippen LogP contribution in [0.1, 0.15) is 31.5 Å². The number of ether oxygens (including phenoxy) is 1. The lowest BCUT2D eigenvalue weighted by Crippen LogP contribution is -2.39. The zero-order chi connectivity index (χ0) is 23.3. The van der Waals surface area contributed by atoms with Gasteiger partial charge < -0.3 is 9.84 Å². The van der Waals surface area contributed by atoms with Crippen LogP contribution in [0.4, 0.5) is 8.78 Å². The first kappa shape index (κ1) is 23.6. The summed E-state index contributed by atoms with van der Waals surface area (Å²) in [6, 6.07) is 12.6. The average molecular weight is 442 g/mol. The molecule has 1 aromatic heterocycles. The molecule has 0 aliphatic rings. The number of nitrogens with zero attached hydrogens (tertiary/aromatic N) is 3. The third-order valence-corrected chi connectivity index (χ3v) is 5.14. The summed E-state index contributed by atoms with van der Waals surface area (Å²) in [5.74, 6) is -1.22. The lowest BCUT2D eigenvalue weighted by molar-refractivity contribution is 0.0584. The first-order valence-electron chi connectivity index (χ1n) is 10.6. The van der Waals surface area contributed by atoms with Gasteiger partial charge in [-0.1, -0.05) is 31.2 Å². The van der Waals surface area contributed by atoms with Crippen molar-refractivity contribution in [3.05, 3.63) is 84.1 Å². The summed E-state index contributed by atoms with van der Waals surface area (Å²) in [4.78, 5) is 2.08. The molecule has 3 rings (SSSR count). The molecule has 0 amide bonds. The zero-order valence-corrected chi connectivity index (χ0v) is 18.7. The van der Waals surface area contributed by atoms with Gasteiger partial charge in [-0.05, 0) is 51.1 Å². The highest BCUT2D eigenvalue weighted by molar-refractivity contribution is 5.43. The largest absolute Gasteiger partial charge is 0.435 e. The van der Waals surface area contributed by atoms with E-state index in [0.717, 1.165) is 36.3 Å². The van der Waals surface area contributed by atoms with Crippen molar-refractivity contribution in [3.63, 3.8) is 0 Å². The number of aliphatic hydroxyl groups is 1. The van der Waals surface area contributed by atoms with Gasteiger partial charge in [0.1, 0.15) is 5.82 Å². The molecule has 0 aliphatic carbocycles. The van der Waals surface area contributed by atoms with Crippen LogP contribution in [0, 0.1) is 18.6 Å². The van der Waals surface area contributed by atoms with E-state index in [-0.39, 0.29) is 5.75 Å². The summed E-state index contributed by atoms with van der Waals surface area (Å²) >= 11 is 0. The van der Waals surface area contributed by atoms with Crippen LogP contribution in [0.3, 0.4) is 0 Å². The number of para-hydroxylation sites is 1. The first-order chi connectivity index (χ1) is 15.2. The highest BCUT2D eigenvalue weighted by atomic mass is 19.1. The van der Waals surface area contributed by atoms with E-state index in [1.54, 1.807) is 11.6 Å². The molecule has 170 valence electrons. The smallest absolute Gasteiger partial charge is 0.227 e. The van der Waals surface area contributed by atoms with Crippen molar-refractivity contribution >= 4 is 0 Å². The molecule has 32 heavy (non-hydrogen) atoms. The maximum absolute atomic E-state index is 14.4. The van der Waals surface area contributed by atoms with Crippen molar-refractivity contribution < 1.29 is 18.6 Å². The SMILES string of the molecule is C=CC(C)(O)CN(CCC)Cc1c(C)nn(-c2ccccc2)c1Oc1ccc(F)cc1F. The molecule has 0 radical (unpaired) electrons. The lowest BCUT2D eigenvalue weighted by Gasteiger charge is -2.29. The standard InChI is InChI=1S/C25H29F2N3O2/c1-5-14-29(17-25(4,31)6-2)16-21-18(3)28-30(20-10-8-7-9-11-20)24(21)32-23-13-12-19(26)15-22(23)27/h6-13,15,31H,2,5,14,16-17H2,1,3-4H3. The Kier molecular flexibility index (Phi) is 7.43. The van der Waals surface area contributed by atoms with Crippen LogP contribution in [0.5, 0.6) is 11.6 Å². The second-order valence-electron chi connectivity index (χ2n) is 8.07. The molecule has 0 saturated heterocycles. The van der Waals surface area contributed by atoms with Crippen molar-refractivity contribution in [1.82, 2.24) is 14.7 Å². The van der Waals surface area contributed by atoms with E-state index in [4.69, 9.17) is 4.74 Å². The van der Waals surface area contributed by atoms with Gasteiger partial charge in [-0.15, -0.1) is 6.58 Å². The molecule has 1 atom stereocenters. The third kappa shape index (κ3) is 5.60. The van der Waals surface area contributed by atoms with E-state index < -0.39 is 17.2 Å². The fourth-order valence-electron chi connectivity index (χ4n) is 3.50. The van der Waals surface area contributed by atoms with Gasteiger partial charge in [0.05, 0.1) is 22.5 Å². The summed E-state index contributed by atoms with van der Waals surface area (Å²) in [6.45, 7) is 10.9. The van der Waals surface area contributed by atoms with Gasteiger partial charge in [-0.3, -0.25) is 4.90 Å². The highest BCUT2D eigenvalue weighted by Gasteiger charge is 2.25. The molecule has 7 heteroatoms. The van der Waals surface area contributed by atoms with Gasteiger partial charge in [-0.25, -0.2) is 13.5 Å². The molecule has 1 N–H and O–H groups in total. The first-order valence-corrected chi connectivity index (χ1v) is 10.6. The fraction of sp³-hybridized carbons (Fsp3) is 0.320. The van der Waals surface area contributed by atoms with E-state index in [2.05, 4.69) is 23.5 Å². The molecule has 0 saturated carbocycles. The number of aryl methyl sites for hydroxylation is 1. The predicted octanol–water partition coefficient (Wildman–Crippen LogP) is 5.40. The van der Waals surface area contributed by atoms with Crippen LogP contribution in [0.15, 0.2) is 61.2 Å². The number of aromatic nitrogens is 2. The van der Waals surface area contributed by atoms with Gasteiger partial charge in [0, 0.05) is 19.2 Å². The summed E-state index contributed by atoms with van der Waals surface area (Å²) < 4.78 is 35.4. The van der Waals surface area contributed by atoms with Crippen LogP contribution < -0.4 is 4.74 Å². The minimum Gasteiger partial charge on any atom is -0.435 e. The van der Waals surface area contributed by atoms with E-state index in [1.165, 1.54) is 12.1 Å². The normalized spacial score (nSPS) is 13.2. The van der Waals surface area contributed by atoms with Crippen molar-refractivity contribution in [2.75, 3.05) is 13.1 Å². The van der Waals surface area contributed by atoms with Crippen LogP contribution in [0.2, 0.25) is 0 Å². The van der Waals surface area contributed by atoms with Crippen molar-refractivity contribution in [1.29, 1.82) is 0 Å². The second kappa shape index (κ2) is 10.1. The zero-order valence-electron chi connectivity index (χ0n) is 18.7. The van der Waals surface area contributed by atoms with Gasteiger partial charge >= 0.3 is 0 Å². The van der Waals surface area contributed by atoms with Crippen LogP contribution in [-0.2, 0) is 6.54 Å². The Bertz CT molecular complexity index is 1060. The van der Waals surface area contributed by atoms with Gasteiger partial charge in [0.15, 0.2) is 11.6 Å². The summed E-state index contributed by atoms with van der Waals surface area (Å²) in [5.41, 5.74) is 1.15. The summed E-state index contributed by atoms with van der Waals surface area (Å²) in [6.07, 6.45) is 2.39. The number of halogens is 2. The fourth-order valence-corrected chi connectivity index (χ4v) is 3.50. The van der Waals surface area contributed by atoms with E-state index >= 15 is 0 Å². The molecule has 1 heterocycles. The van der Waals surface area contributed by atoms with Crippen LogP contribution in [-0.4, -0.2) is 38.5 Å². The number of rotatable bonds is 10. The maximum Gasteiger partial charge on any atom is 0.227 e. The number of hydrogen-bond acceptors (Lipinski definition) is 4. The van der Waals surface area contributed by atoms with Gasteiger partial charge in [0.25, 0.3) is 0 Å². The maximum atomic E-state index is 14.4. The number of benzene rings is 2. The van der Waals surface area contributed by atoms with Crippen LogP contribution >= 0.6 is 0 Å². The molecule has 0 aliphatic heterocycles. The molecule has 0 spiro atoms. The Morgan fingerprint density at radius 3 is 2.56 bits per heavy atom. The Morgan fingerprint density at radius 1 is 1.22 bits per heavy atom. The Balaban J connectivity index is 2.06. The Hall–Kier alpha value is -3.03. The van der Waals surface area contributed by atoms with Gasteiger partial charge in [-0.2, -0.15) is 5.10 Å². The monoisotopic (exact) mass is 441 g/mol. The molecule has 3 aromatic rings. The molecule has 2 aromatic carbocycles. The van der Waals surface area contributed by atoms with Gasteiger partial charge in [0.2, 0.25) is 5.88 Å². The van der Waals surface area contributed by atoms with E-state index in [1.807, 2.05) is 37.3 Å². The average Bonchev–Trinajstić information content (AvgIpc) is 3.06. The van der Waals surface area contributed by atoms with E-state index in [0.29, 0.717) is 24.7 Å². The second-order valence-corrected chi connectivity index (χ2v) is 8.07.